The Kier molecular flexibility index (Phi) is 4.82. The molecule has 28 heavy (non-hydrogen) atoms. The van der Waals surface area contributed by atoms with Crippen LogP contribution in [0, 0.1) is 6.92 Å². The number of aryl methyl sites for hydroxylation is 1. The van der Waals surface area contributed by atoms with Crippen LogP contribution in [0.2, 0.25) is 0 Å². The summed E-state index contributed by atoms with van der Waals surface area (Å²) in [5.41, 5.74) is 4.69. The normalized spacial score (nSPS) is 10.9. The Labute approximate surface area is 162 Å². The van der Waals surface area contributed by atoms with Crippen molar-refractivity contribution in [3.63, 3.8) is 0 Å². The van der Waals surface area contributed by atoms with Crippen LogP contribution in [0.4, 0.5) is 5.69 Å². The van der Waals surface area contributed by atoms with E-state index < -0.39 is 0 Å². The summed E-state index contributed by atoms with van der Waals surface area (Å²) >= 11 is 0. The molecule has 7 nitrogen and oxygen atoms in total. The van der Waals surface area contributed by atoms with E-state index in [-0.39, 0.29) is 11.6 Å². The Morgan fingerprint density at radius 1 is 1.04 bits per heavy atom. The van der Waals surface area contributed by atoms with Crippen LogP contribution in [0.1, 0.15) is 21.9 Å². The number of benzene rings is 2. The van der Waals surface area contributed by atoms with Crippen LogP contribution < -0.4 is 5.32 Å². The highest BCUT2D eigenvalue weighted by atomic mass is 16.5. The highest BCUT2D eigenvalue weighted by Crippen LogP contribution is 2.28. The molecule has 0 aliphatic carbocycles. The minimum absolute atomic E-state index is 0.224. The number of hydrogen-bond donors (Lipinski definition) is 1. The summed E-state index contributed by atoms with van der Waals surface area (Å²) in [5.74, 6) is -0.330. The number of amides is 1. The monoisotopic (exact) mass is 373 g/mol. The van der Waals surface area contributed by atoms with E-state index in [0.29, 0.717) is 23.6 Å². The second-order valence-corrected chi connectivity index (χ2v) is 6.31. The lowest BCUT2D eigenvalue weighted by molar-refractivity contribution is 0.102. The van der Waals surface area contributed by atoms with Crippen molar-refractivity contribution in [1.82, 2.24) is 19.8 Å². The first kappa shape index (κ1) is 17.8. The highest BCUT2D eigenvalue weighted by molar-refractivity contribution is 6.03. The van der Waals surface area contributed by atoms with Gasteiger partial charge in [-0.3, -0.25) is 4.79 Å². The van der Waals surface area contributed by atoms with Crippen molar-refractivity contribution < 1.29 is 9.53 Å². The second-order valence-electron chi connectivity index (χ2n) is 6.31. The van der Waals surface area contributed by atoms with Crippen molar-refractivity contribution in [2.45, 2.75) is 13.5 Å². The molecule has 0 atom stereocenters. The molecule has 0 radical (unpaired) electrons. The van der Waals surface area contributed by atoms with Crippen molar-refractivity contribution in [2.24, 2.45) is 0 Å². The van der Waals surface area contributed by atoms with Crippen LogP contribution in [-0.2, 0) is 11.3 Å². The predicted octanol–water partition coefficient (Wildman–Crippen LogP) is 3.50. The molecule has 2 aromatic carbocycles. The third kappa shape index (κ3) is 3.23. The summed E-state index contributed by atoms with van der Waals surface area (Å²) in [6.07, 6.45) is 0. The standard InChI is InChI=1S/C21H19N5O2/c1-14-19(21(27)22-16-11-7-4-8-12-16)23-24-20-18(15-9-5-3-6-10-15)17(13-28-2)25-26(14)20/h3-12H,13H2,1-2H3,(H,22,27). The molecule has 2 heterocycles. The van der Waals surface area contributed by atoms with Gasteiger partial charge < -0.3 is 10.1 Å². The van der Waals surface area contributed by atoms with Crippen LogP contribution in [-0.4, -0.2) is 32.8 Å². The van der Waals surface area contributed by atoms with Crippen LogP contribution in [0.5, 0.6) is 0 Å². The molecule has 0 bridgehead atoms. The van der Waals surface area contributed by atoms with E-state index in [0.717, 1.165) is 16.8 Å². The van der Waals surface area contributed by atoms with Crippen LogP contribution >= 0.6 is 0 Å². The number of hydrogen-bond acceptors (Lipinski definition) is 5. The fourth-order valence-electron chi connectivity index (χ4n) is 3.11. The quantitative estimate of drug-likeness (QED) is 0.579. The number of carbonyl (C=O) groups excluding carboxylic acids is 1. The average Bonchev–Trinajstić information content (AvgIpc) is 3.09. The fourth-order valence-corrected chi connectivity index (χ4v) is 3.11. The minimum Gasteiger partial charge on any atom is -0.378 e. The molecular formula is C21H19N5O2. The second kappa shape index (κ2) is 7.58. The van der Waals surface area contributed by atoms with Crippen molar-refractivity contribution in [2.75, 3.05) is 12.4 Å². The van der Waals surface area contributed by atoms with Gasteiger partial charge in [-0.05, 0) is 24.6 Å². The highest BCUT2D eigenvalue weighted by Gasteiger charge is 2.21. The molecule has 1 amide bonds. The molecule has 4 rings (SSSR count). The number of fused-ring (bicyclic) bond motifs is 1. The summed E-state index contributed by atoms with van der Waals surface area (Å²) in [7, 11) is 1.62. The van der Waals surface area contributed by atoms with Gasteiger partial charge in [-0.1, -0.05) is 48.5 Å². The Balaban J connectivity index is 1.80. The van der Waals surface area contributed by atoms with Gasteiger partial charge in [0, 0.05) is 12.8 Å². The van der Waals surface area contributed by atoms with Crippen LogP contribution in [0.25, 0.3) is 16.8 Å². The molecular weight excluding hydrogens is 354 g/mol. The average molecular weight is 373 g/mol. The lowest BCUT2D eigenvalue weighted by Gasteiger charge is -2.07. The summed E-state index contributed by atoms with van der Waals surface area (Å²) in [6.45, 7) is 2.14. The van der Waals surface area contributed by atoms with Gasteiger partial charge in [-0.15, -0.1) is 10.2 Å². The number of aromatic nitrogens is 4. The number of carbonyl (C=O) groups is 1. The number of anilines is 1. The summed E-state index contributed by atoms with van der Waals surface area (Å²) < 4.78 is 6.97. The Morgan fingerprint density at radius 3 is 2.39 bits per heavy atom. The van der Waals surface area contributed by atoms with Crippen molar-refractivity contribution >= 4 is 17.2 Å². The van der Waals surface area contributed by atoms with E-state index >= 15 is 0 Å². The van der Waals surface area contributed by atoms with E-state index in [2.05, 4.69) is 20.6 Å². The van der Waals surface area contributed by atoms with Crippen LogP contribution in [0.15, 0.2) is 60.7 Å². The number of nitrogens with one attached hydrogen (secondary N) is 1. The van der Waals surface area contributed by atoms with Gasteiger partial charge in [0.2, 0.25) is 0 Å². The first-order valence-electron chi connectivity index (χ1n) is 8.84. The molecule has 2 aromatic heterocycles. The van der Waals surface area contributed by atoms with Gasteiger partial charge in [0.25, 0.3) is 5.91 Å². The molecule has 0 spiro atoms. The number of para-hydroxylation sites is 1. The topological polar surface area (TPSA) is 81.4 Å². The lowest BCUT2D eigenvalue weighted by Crippen LogP contribution is -2.18. The van der Waals surface area contributed by atoms with E-state index in [1.165, 1.54) is 0 Å². The van der Waals surface area contributed by atoms with Gasteiger partial charge in [-0.2, -0.15) is 5.10 Å². The zero-order chi connectivity index (χ0) is 19.5. The molecule has 1 N–H and O–H groups in total. The number of ether oxygens (including phenoxy) is 1. The first-order valence-corrected chi connectivity index (χ1v) is 8.84. The van der Waals surface area contributed by atoms with E-state index in [1.807, 2.05) is 60.7 Å². The van der Waals surface area contributed by atoms with Gasteiger partial charge in [0.05, 0.1) is 23.6 Å². The molecule has 0 aliphatic rings. The largest absolute Gasteiger partial charge is 0.378 e. The van der Waals surface area contributed by atoms with E-state index in [9.17, 15) is 4.79 Å². The van der Waals surface area contributed by atoms with Gasteiger partial charge in [-0.25, -0.2) is 4.52 Å². The van der Waals surface area contributed by atoms with Crippen molar-refractivity contribution in [3.8, 4) is 11.1 Å². The van der Waals surface area contributed by atoms with Gasteiger partial charge >= 0.3 is 0 Å². The zero-order valence-corrected chi connectivity index (χ0v) is 15.6. The summed E-state index contributed by atoms with van der Waals surface area (Å²) in [4.78, 5) is 12.7. The molecule has 0 unspecified atom stereocenters. The number of rotatable bonds is 5. The van der Waals surface area contributed by atoms with E-state index in [1.54, 1.807) is 18.5 Å². The third-order valence-electron chi connectivity index (χ3n) is 4.43. The summed E-state index contributed by atoms with van der Waals surface area (Å²) in [6, 6.07) is 19.1. The molecule has 0 saturated carbocycles. The maximum atomic E-state index is 12.7. The Bertz CT molecular complexity index is 1120. The number of methoxy groups -OCH3 is 1. The molecule has 4 aromatic rings. The Hall–Kier alpha value is -3.58. The predicted molar refractivity (Wildman–Crippen MR) is 106 cm³/mol. The molecule has 0 aliphatic heterocycles. The molecule has 140 valence electrons. The Morgan fingerprint density at radius 2 is 1.71 bits per heavy atom. The molecule has 0 saturated heterocycles. The maximum Gasteiger partial charge on any atom is 0.278 e. The van der Waals surface area contributed by atoms with Gasteiger partial charge in [0.15, 0.2) is 11.3 Å². The first-order chi connectivity index (χ1) is 13.7. The lowest BCUT2D eigenvalue weighted by atomic mass is 10.1. The fraction of sp³-hybridized carbons (Fsp3) is 0.143. The smallest absolute Gasteiger partial charge is 0.278 e. The summed E-state index contributed by atoms with van der Waals surface area (Å²) in [5, 5.41) is 16.0. The van der Waals surface area contributed by atoms with Crippen molar-refractivity contribution in [1.29, 1.82) is 0 Å². The van der Waals surface area contributed by atoms with Crippen LogP contribution in [0.3, 0.4) is 0 Å². The maximum absolute atomic E-state index is 12.7. The molecule has 7 heteroatoms. The third-order valence-corrected chi connectivity index (χ3v) is 4.43. The van der Waals surface area contributed by atoms with Gasteiger partial charge in [0.1, 0.15) is 0 Å². The number of nitrogens with zero attached hydrogens (tertiary/aromatic N) is 4. The molecule has 0 fully saturated rings. The minimum atomic E-state index is -0.330. The van der Waals surface area contributed by atoms with E-state index in [4.69, 9.17) is 4.74 Å². The zero-order valence-electron chi connectivity index (χ0n) is 15.6. The SMILES string of the molecule is COCc1nn2c(C)c(C(=O)Nc3ccccc3)nnc2c1-c1ccccc1. The van der Waals surface area contributed by atoms with Crippen molar-refractivity contribution in [3.05, 3.63) is 77.7 Å².